The van der Waals surface area contributed by atoms with Crippen molar-refractivity contribution in [1.29, 1.82) is 0 Å². The minimum absolute atomic E-state index is 0.112. The van der Waals surface area contributed by atoms with Crippen LogP contribution in [-0.2, 0) is 25.8 Å². The second kappa shape index (κ2) is 12.3. The maximum atomic E-state index is 13.4. The van der Waals surface area contributed by atoms with Crippen LogP contribution in [0.15, 0.2) is 53.9 Å². The molecule has 0 saturated heterocycles. The highest BCUT2D eigenvalue weighted by atomic mass is 32.1. The van der Waals surface area contributed by atoms with Gasteiger partial charge in [-0.05, 0) is 42.2 Å². The summed E-state index contributed by atoms with van der Waals surface area (Å²) >= 11 is 1.35. The van der Waals surface area contributed by atoms with E-state index in [1.807, 2.05) is 18.7 Å². The molecule has 0 aliphatic heterocycles. The van der Waals surface area contributed by atoms with Crippen molar-refractivity contribution < 1.29 is 22.4 Å². The number of nitrogens with zero attached hydrogens (tertiary/aromatic N) is 3. The Bertz CT molecular complexity index is 1090. The number of halogens is 4. The highest BCUT2D eigenvalue weighted by Gasteiger charge is 2.30. The van der Waals surface area contributed by atoms with Gasteiger partial charge in [0.15, 0.2) is 0 Å². The highest BCUT2D eigenvalue weighted by Crippen LogP contribution is 2.30. The Labute approximate surface area is 207 Å². The molecule has 0 fully saturated rings. The SMILES string of the molecule is CCCN(CCC)C(=O)c1csc(CN(Cc2ccc(F)cc2)Cc2cccc(C(F)(F)F)c2)n1. The van der Waals surface area contributed by atoms with Gasteiger partial charge in [0.2, 0.25) is 0 Å². The number of amides is 1. The molecule has 0 aliphatic carbocycles. The Morgan fingerprint density at radius 3 is 2.23 bits per heavy atom. The summed E-state index contributed by atoms with van der Waals surface area (Å²) < 4.78 is 53.0. The minimum atomic E-state index is -4.43. The predicted molar refractivity (Wildman–Crippen MR) is 129 cm³/mol. The lowest BCUT2D eigenvalue weighted by Crippen LogP contribution is -2.32. The highest BCUT2D eigenvalue weighted by molar-refractivity contribution is 7.09. The van der Waals surface area contributed by atoms with Gasteiger partial charge in [0.25, 0.3) is 5.91 Å². The molecule has 0 spiro atoms. The Balaban J connectivity index is 1.81. The van der Waals surface area contributed by atoms with E-state index in [9.17, 15) is 22.4 Å². The molecule has 1 amide bonds. The van der Waals surface area contributed by atoms with Crippen LogP contribution in [0.5, 0.6) is 0 Å². The fourth-order valence-corrected chi connectivity index (χ4v) is 4.62. The third-order valence-corrected chi connectivity index (χ3v) is 6.22. The molecule has 1 aromatic heterocycles. The number of carbonyl (C=O) groups excluding carboxylic acids is 1. The molecule has 4 nitrogen and oxygen atoms in total. The maximum absolute atomic E-state index is 13.4. The molecule has 188 valence electrons. The fourth-order valence-electron chi connectivity index (χ4n) is 3.81. The molecule has 0 bridgehead atoms. The number of benzene rings is 2. The van der Waals surface area contributed by atoms with E-state index >= 15 is 0 Å². The summed E-state index contributed by atoms with van der Waals surface area (Å²) in [4.78, 5) is 21.1. The molecular formula is C26H29F4N3OS. The van der Waals surface area contributed by atoms with Crippen molar-refractivity contribution in [3.8, 4) is 0 Å². The number of carbonyl (C=O) groups is 1. The number of hydrogen-bond donors (Lipinski definition) is 0. The van der Waals surface area contributed by atoms with Gasteiger partial charge in [0.1, 0.15) is 16.5 Å². The van der Waals surface area contributed by atoms with E-state index in [1.165, 1.54) is 29.5 Å². The van der Waals surface area contributed by atoms with Gasteiger partial charge in [-0.2, -0.15) is 13.2 Å². The normalized spacial score (nSPS) is 11.7. The standard InChI is InChI=1S/C26H29F4N3OS/c1-3-12-33(13-4-2)25(34)23-18-35-24(31-23)17-32(15-19-8-10-22(27)11-9-19)16-20-6-5-7-21(14-20)26(28,29)30/h5-11,14,18H,3-4,12-13,15-17H2,1-2H3. The summed E-state index contributed by atoms with van der Waals surface area (Å²) in [6, 6.07) is 11.2. The zero-order valence-corrected chi connectivity index (χ0v) is 20.6. The van der Waals surface area contributed by atoms with Crippen LogP contribution in [0.4, 0.5) is 17.6 Å². The van der Waals surface area contributed by atoms with Crippen LogP contribution in [0.2, 0.25) is 0 Å². The summed E-state index contributed by atoms with van der Waals surface area (Å²) in [5.74, 6) is -0.468. The Morgan fingerprint density at radius 2 is 1.60 bits per heavy atom. The van der Waals surface area contributed by atoms with Crippen LogP contribution in [-0.4, -0.2) is 33.8 Å². The van der Waals surface area contributed by atoms with Gasteiger partial charge in [-0.1, -0.05) is 44.2 Å². The summed E-state index contributed by atoms with van der Waals surface area (Å²) in [5, 5.41) is 2.42. The first-order valence-corrected chi connectivity index (χ1v) is 12.4. The molecule has 3 aromatic rings. The predicted octanol–water partition coefficient (Wildman–Crippen LogP) is 6.77. The van der Waals surface area contributed by atoms with Crippen molar-refractivity contribution in [3.63, 3.8) is 0 Å². The number of alkyl halides is 3. The van der Waals surface area contributed by atoms with Crippen LogP contribution in [0.1, 0.15) is 58.9 Å². The zero-order valence-electron chi connectivity index (χ0n) is 19.8. The number of hydrogen-bond acceptors (Lipinski definition) is 4. The molecule has 3 rings (SSSR count). The van der Waals surface area contributed by atoms with Crippen LogP contribution in [0, 0.1) is 5.82 Å². The Kier molecular flexibility index (Phi) is 9.40. The van der Waals surface area contributed by atoms with E-state index < -0.39 is 11.7 Å². The van der Waals surface area contributed by atoms with Gasteiger partial charge in [-0.15, -0.1) is 11.3 Å². The third-order valence-electron chi connectivity index (χ3n) is 5.38. The lowest BCUT2D eigenvalue weighted by molar-refractivity contribution is -0.137. The lowest BCUT2D eigenvalue weighted by Gasteiger charge is -2.22. The van der Waals surface area contributed by atoms with Crippen LogP contribution >= 0.6 is 11.3 Å². The maximum Gasteiger partial charge on any atom is 0.416 e. The van der Waals surface area contributed by atoms with Gasteiger partial charge >= 0.3 is 6.18 Å². The number of aromatic nitrogens is 1. The van der Waals surface area contributed by atoms with E-state index in [1.54, 1.807) is 28.5 Å². The van der Waals surface area contributed by atoms with Gasteiger partial charge in [-0.3, -0.25) is 9.69 Å². The largest absolute Gasteiger partial charge is 0.416 e. The molecule has 9 heteroatoms. The lowest BCUT2D eigenvalue weighted by atomic mass is 10.1. The second-order valence-electron chi connectivity index (χ2n) is 8.39. The molecule has 0 aliphatic rings. The molecule has 1 heterocycles. The first kappa shape index (κ1) is 26.8. The summed E-state index contributed by atoms with van der Waals surface area (Å²) in [7, 11) is 0. The first-order chi connectivity index (χ1) is 16.7. The van der Waals surface area contributed by atoms with Crippen molar-refractivity contribution in [2.24, 2.45) is 0 Å². The van der Waals surface area contributed by atoms with Crippen molar-refractivity contribution >= 4 is 17.2 Å². The molecule has 0 atom stereocenters. The van der Waals surface area contributed by atoms with Crippen LogP contribution in [0.25, 0.3) is 0 Å². The van der Waals surface area contributed by atoms with E-state index in [4.69, 9.17) is 0 Å². The third kappa shape index (κ3) is 7.86. The van der Waals surface area contributed by atoms with Crippen molar-refractivity contribution in [2.75, 3.05) is 13.1 Å². The second-order valence-corrected chi connectivity index (χ2v) is 9.33. The fraction of sp³-hybridized carbons (Fsp3) is 0.385. The summed E-state index contributed by atoms with van der Waals surface area (Å²) in [6.07, 6.45) is -2.72. The van der Waals surface area contributed by atoms with Gasteiger partial charge < -0.3 is 4.90 Å². The smallest absolute Gasteiger partial charge is 0.337 e. The average Bonchev–Trinajstić information content (AvgIpc) is 3.28. The molecule has 2 aromatic carbocycles. The Hall–Kier alpha value is -2.78. The summed E-state index contributed by atoms with van der Waals surface area (Å²) in [6.45, 7) is 6.32. The zero-order chi connectivity index (χ0) is 25.4. The monoisotopic (exact) mass is 507 g/mol. The number of thiazole rings is 1. The van der Waals surface area contributed by atoms with Crippen molar-refractivity contribution in [2.45, 2.75) is 52.5 Å². The quantitative estimate of drug-likeness (QED) is 0.269. The molecule has 0 N–H and O–H groups in total. The summed E-state index contributed by atoms with van der Waals surface area (Å²) in [5.41, 5.74) is 1.01. The van der Waals surface area contributed by atoms with Crippen LogP contribution in [0.3, 0.4) is 0 Å². The van der Waals surface area contributed by atoms with Crippen molar-refractivity contribution in [3.05, 3.63) is 87.1 Å². The van der Waals surface area contributed by atoms with Crippen LogP contribution < -0.4 is 0 Å². The van der Waals surface area contributed by atoms with Gasteiger partial charge in [0, 0.05) is 31.6 Å². The van der Waals surface area contributed by atoms with E-state index in [2.05, 4.69) is 4.98 Å². The minimum Gasteiger partial charge on any atom is -0.337 e. The van der Waals surface area contributed by atoms with E-state index in [0.717, 1.165) is 30.5 Å². The van der Waals surface area contributed by atoms with Crippen molar-refractivity contribution in [1.82, 2.24) is 14.8 Å². The molecule has 0 saturated carbocycles. The molecular weight excluding hydrogens is 478 g/mol. The Morgan fingerprint density at radius 1 is 0.943 bits per heavy atom. The first-order valence-electron chi connectivity index (χ1n) is 11.6. The van der Waals surface area contributed by atoms with E-state index in [-0.39, 0.29) is 18.3 Å². The molecule has 0 unspecified atom stereocenters. The van der Waals surface area contributed by atoms with Gasteiger partial charge in [-0.25, -0.2) is 9.37 Å². The topological polar surface area (TPSA) is 36.4 Å². The average molecular weight is 508 g/mol. The number of rotatable bonds is 11. The van der Waals surface area contributed by atoms with Gasteiger partial charge in [0.05, 0.1) is 12.1 Å². The van der Waals surface area contributed by atoms with E-state index in [0.29, 0.717) is 42.4 Å². The molecule has 0 radical (unpaired) electrons. The molecule has 35 heavy (non-hydrogen) atoms.